The Kier molecular flexibility index (Phi) is 7.40. The fraction of sp³-hybridized carbons (Fsp3) is 0. The summed E-state index contributed by atoms with van der Waals surface area (Å²) in [6.45, 7) is 0. The first-order chi connectivity index (χ1) is 28.8. The zero-order valence-electron chi connectivity index (χ0n) is 31.5. The molecule has 0 fully saturated rings. The van der Waals surface area contributed by atoms with Gasteiger partial charge in [0.1, 0.15) is 0 Å². The molecule has 0 saturated heterocycles. The van der Waals surface area contributed by atoms with Gasteiger partial charge in [-0.3, -0.25) is 0 Å². The lowest BCUT2D eigenvalue weighted by molar-refractivity contribution is 1.17. The second-order valence-corrected chi connectivity index (χ2v) is 16.1. The third-order valence-electron chi connectivity index (χ3n) is 11.7. The highest BCUT2D eigenvalue weighted by Crippen LogP contribution is 2.42. The molecule has 3 heterocycles. The van der Waals surface area contributed by atoms with Gasteiger partial charge in [-0.2, -0.15) is 0 Å². The van der Waals surface area contributed by atoms with Gasteiger partial charge >= 0.3 is 0 Å². The van der Waals surface area contributed by atoms with Crippen molar-refractivity contribution < 1.29 is 0 Å². The van der Waals surface area contributed by atoms with Crippen molar-refractivity contribution in [1.29, 1.82) is 0 Å². The quantitative estimate of drug-likeness (QED) is 0.165. The minimum absolute atomic E-state index is 1.11. The van der Waals surface area contributed by atoms with Crippen molar-refractivity contribution in [3.63, 3.8) is 0 Å². The van der Waals surface area contributed by atoms with E-state index in [2.05, 4.69) is 226 Å². The molecule has 0 unspecified atom stereocenters. The van der Waals surface area contributed by atoms with Crippen LogP contribution in [-0.4, -0.2) is 9.13 Å². The van der Waals surface area contributed by atoms with Gasteiger partial charge in [0.2, 0.25) is 0 Å². The van der Waals surface area contributed by atoms with Gasteiger partial charge in [0.05, 0.1) is 22.1 Å². The van der Waals surface area contributed by atoms with Gasteiger partial charge in [0.25, 0.3) is 0 Å². The Bertz CT molecular complexity index is 3500. The maximum atomic E-state index is 2.41. The maximum absolute atomic E-state index is 2.41. The van der Waals surface area contributed by atoms with Gasteiger partial charge in [-0.15, -0.1) is 11.3 Å². The van der Waals surface area contributed by atoms with Crippen molar-refractivity contribution in [2.24, 2.45) is 0 Å². The molecule has 0 saturated carbocycles. The monoisotopic (exact) mass is 757 g/mol. The van der Waals surface area contributed by atoms with Gasteiger partial charge < -0.3 is 14.0 Å². The maximum Gasteiger partial charge on any atom is 0.0547 e. The van der Waals surface area contributed by atoms with Crippen LogP contribution in [0.2, 0.25) is 0 Å². The Morgan fingerprint density at radius 1 is 0.293 bits per heavy atom. The summed E-state index contributed by atoms with van der Waals surface area (Å²) < 4.78 is 7.42. The first-order valence-corrected chi connectivity index (χ1v) is 20.6. The Morgan fingerprint density at radius 2 is 0.810 bits per heavy atom. The van der Waals surface area contributed by atoms with E-state index in [1.165, 1.54) is 80.6 Å². The molecule has 0 aliphatic heterocycles. The number of rotatable bonds is 6. The largest absolute Gasteiger partial charge is 0.310 e. The predicted molar refractivity (Wildman–Crippen MR) is 248 cm³/mol. The summed E-state index contributed by atoms with van der Waals surface area (Å²) in [4.78, 5) is 2.36. The van der Waals surface area contributed by atoms with Crippen LogP contribution >= 0.6 is 11.3 Å². The minimum atomic E-state index is 1.11. The molecule has 9 aromatic carbocycles. The highest BCUT2D eigenvalue weighted by Gasteiger charge is 2.18. The first kappa shape index (κ1) is 32.8. The number of hydrogen-bond donors (Lipinski definition) is 0. The van der Waals surface area contributed by atoms with E-state index in [0.29, 0.717) is 0 Å². The summed E-state index contributed by atoms with van der Waals surface area (Å²) in [5, 5.41) is 7.60. The number of benzene rings is 9. The van der Waals surface area contributed by atoms with Crippen LogP contribution in [0.3, 0.4) is 0 Å². The van der Waals surface area contributed by atoms with Gasteiger partial charge in [-0.1, -0.05) is 109 Å². The smallest absolute Gasteiger partial charge is 0.0547 e. The molecule has 58 heavy (non-hydrogen) atoms. The molecular formula is C54H35N3S. The van der Waals surface area contributed by atoms with Gasteiger partial charge in [0.15, 0.2) is 0 Å². The molecule has 272 valence electrons. The van der Waals surface area contributed by atoms with Crippen LogP contribution in [0.25, 0.3) is 86.3 Å². The molecule has 0 spiro atoms. The normalized spacial score (nSPS) is 11.8. The van der Waals surface area contributed by atoms with E-state index >= 15 is 0 Å². The van der Waals surface area contributed by atoms with Crippen LogP contribution in [0.5, 0.6) is 0 Å². The van der Waals surface area contributed by atoms with Gasteiger partial charge in [-0.05, 0) is 114 Å². The molecule has 0 N–H and O–H groups in total. The van der Waals surface area contributed by atoms with Crippen molar-refractivity contribution in [2.45, 2.75) is 0 Å². The summed E-state index contributed by atoms with van der Waals surface area (Å²) in [5.41, 5.74) is 12.9. The zero-order chi connectivity index (χ0) is 38.2. The molecule has 12 aromatic rings. The number of para-hydroxylation sites is 4. The van der Waals surface area contributed by atoms with Crippen LogP contribution in [0.15, 0.2) is 212 Å². The zero-order valence-corrected chi connectivity index (χ0v) is 32.3. The fourth-order valence-corrected chi connectivity index (χ4v) is 10.2. The minimum Gasteiger partial charge on any atom is -0.310 e. The van der Waals surface area contributed by atoms with E-state index in [9.17, 15) is 0 Å². The Labute approximate surface area is 339 Å². The standard InChI is InChI=1S/C54H35N3S/c1-3-13-38(14-4-1)55(42-29-32-54-48(35-42)46-19-9-12-22-53(46)58-54)40-25-27-41(28-26-40)56-50-21-11-8-18-44(50)47-33-36(24-31-51(47)56)37-23-30-45-43-17-7-10-20-49(43)57(52(45)34-37)39-15-5-2-6-16-39/h1-35H. The SMILES string of the molecule is c1ccc(N(c2ccc(-n3c4ccccc4c4cc(-c5ccc6c7ccccc7n(-c7ccccc7)c6c5)ccc43)cc2)c2ccc3sc4ccccc4c3c2)cc1. The third kappa shape index (κ3) is 5.12. The number of fused-ring (bicyclic) bond motifs is 9. The summed E-state index contributed by atoms with van der Waals surface area (Å²) in [6, 6.07) is 77.4. The molecule has 4 heteroatoms. The van der Waals surface area contributed by atoms with Crippen LogP contribution in [0.4, 0.5) is 17.1 Å². The van der Waals surface area contributed by atoms with E-state index in [-0.39, 0.29) is 0 Å². The number of aromatic nitrogens is 2. The average molecular weight is 758 g/mol. The lowest BCUT2D eigenvalue weighted by Gasteiger charge is -2.26. The summed E-state index contributed by atoms with van der Waals surface area (Å²) in [7, 11) is 0. The molecule has 0 aliphatic rings. The van der Waals surface area contributed by atoms with Gasteiger partial charge in [0, 0.05) is 70.2 Å². The number of anilines is 3. The molecule has 3 aromatic heterocycles. The highest BCUT2D eigenvalue weighted by molar-refractivity contribution is 7.25. The summed E-state index contributed by atoms with van der Waals surface area (Å²) >= 11 is 1.85. The van der Waals surface area contributed by atoms with Crippen molar-refractivity contribution in [3.05, 3.63) is 212 Å². The van der Waals surface area contributed by atoms with Gasteiger partial charge in [-0.25, -0.2) is 0 Å². The van der Waals surface area contributed by atoms with E-state index in [1.807, 2.05) is 11.3 Å². The van der Waals surface area contributed by atoms with Crippen LogP contribution < -0.4 is 4.90 Å². The summed E-state index contributed by atoms with van der Waals surface area (Å²) in [5.74, 6) is 0. The van der Waals surface area contributed by atoms with Crippen LogP contribution in [0, 0.1) is 0 Å². The molecule has 0 atom stereocenters. The van der Waals surface area contributed by atoms with Crippen molar-refractivity contribution in [2.75, 3.05) is 4.90 Å². The summed E-state index contributed by atoms with van der Waals surface area (Å²) in [6.07, 6.45) is 0. The number of nitrogens with zero attached hydrogens (tertiary/aromatic N) is 3. The third-order valence-corrected chi connectivity index (χ3v) is 12.8. The van der Waals surface area contributed by atoms with E-state index in [0.717, 1.165) is 22.7 Å². The Balaban J connectivity index is 0.972. The van der Waals surface area contributed by atoms with E-state index in [4.69, 9.17) is 0 Å². The molecule has 12 rings (SSSR count). The average Bonchev–Trinajstić information content (AvgIpc) is 3.94. The van der Waals surface area contributed by atoms with Crippen molar-refractivity contribution in [1.82, 2.24) is 9.13 Å². The molecule has 0 bridgehead atoms. The predicted octanol–water partition coefficient (Wildman–Crippen LogP) is 15.4. The lowest BCUT2D eigenvalue weighted by atomic mass is 10.0. The van der Waals surface area contributed by atoms with E-state index in [1.54, 1.807) is 0 Å². The van der Waals surface area contributed by atoms with Crippen molar-refractivity contribution in [3.8, 4) is 22.5 Å². The molecule has 3 nitrogen and oxygen atoms in total. The molecular weight excluding hydrogens is 723 g/mol. The Hall–Kier alpha value is -7.40. The topological polar surface area (TPSA) is 13.1 Å². The second-order valence-electron chi connectivity index (χ2n) is 15.0. The fourth-order valence-electron chi connectivity index (χ4n) is 9.06. The van der Waals surface area contributed by atoms with E-state index < -0.39 is 0 Å². The number of hydrogen-bond acceptors (Lipinski definition) is 2. The highest BCUT2D eigenvalue weighted by atomic mass is 32.1. The molecule has 0 radical (unpaired) electrons. The number of thiophene rings is 1. The first-order valence-electron chi connectivity index (χ1n) is 19.8. The lowest BCUT2D eigenvalue weighted by Crippen LogP contribution is -2.09. The Morgan fingerprint density at radius 3 is 1.59 bits per heavy atom. The van der Waals surface area contributed by atoms with Crippen LogP contribution in [0.1, 0.15) is 0 Å². The second kappa shape index (κ2) is 13.1. The van der Waals surface area contributed by atoms with Crippen molar-refractivity contribution >= 4 is 92.2 Å². The molecule has 0 aliphatic carbocycles. The van der Waals surface area contributed by atoms with Crippen LogP contribution in [-0.2, 0) is 0 Å². The molecule has 0 amide bonds.